The topological polar surface area (TPSA) is 140 Å². The van der Waals surface area contributed by atoms with E-state index in [4.69, 9.17) is 25.0 Å². The maximum Gasteiger partial charge on any atom is 0.405 e. The number of nitrogens with one attached hydrogen (secondary N) is 1. The van der Waals surface area contributed by atoms with Crippen LogP contribution < -0.4 is 15.2 Å². The normalized spacial score (nSPS) is 21.4. The van der Waals surface area contributed by atoms with E-state index in [1.54, 1.807) is 24.1 Å². The molecule has 3 N–H and O–H groups in total. The summed E-state index contributed by atoms with van der Waals surface area (Å²) in [6.07, 6.45) is 4.97. The predicted molar refractivity (Wildman–Crippen MR) is 164 cm³/mol. The van der Waals surface area contributed by atoms with E-state index in [0.29, 0.717) is 37.4 Å². The quantitative estimate of drug-likeness (QED) is 0.396. The number of piperidine rings is 1. The number of para-hydroxylation sites is 1. The zero-order chi connectivity index (χ0) is 30.8. The molecule has 3 aliphatic rings. The van der Waals surface area contributed by atoms with Crippen molar-refractivity contribution in [3.05, 3.63) is 59.8 Å². The molecular weight excluding hydrogens is 562 g/mol. The Balaban J connectivity index is 1.20. The molecule has 0 bridgehead atoms. The Morgan fingerprint density at radius 2 is 1.73 bits per heavy atom. The van der Waals surface area contributed by atoms with Crippen molar-refractivity contribution in [1.82, 2.24) is 14.9 Å². The summed E-state index contributed by atoms with van der Waals surface area (Å²) in [4.78, 5) is 44.1. The van der Waals surface area contributed by atoms with Crippen LogP contribution in [0.1, 0.15) is 49.7 Å². The number of likely N-dealkylation sites (tertiary alicyclic amines) is 1. The minimum absolute atomic E-state index is 0.0588. The molecule has 6 rings (SSSR count). The third kappa shape index (κ3) is 5.70. The summed E-state index contributed by atoms with van der Waals surface area (Å²) in [6.45, 7) is 0.824. The standard InChI is InChI=1S/C33H39N5O6/c1-42-27-12-11-20(17-28(27)43-2)30-24-8-3-4-9-25(24)31(39)38(36-30)22-13-15-37(16-14-22)32(40)29(44-33(34)41)18-21-19-35-26-10-6-5-7-23(21)26/h5-7,10-12,17,19,22,24-25,29,35H,3-4,8-9,13-16,18H2,1-2H3,(H2,34,41)/t24-,25+,29-/m0/s1. The number of hydrogen-bond acceptors (Lipinski definition) is 7. The minimum atomic E-state index is -1.04. The van der Waals surface area contributed by atoms with Gasteiger partial charge >= 0.3 is 6.09 Å². The largest absolute Gasteiger partial charge is 0.493 e. The molecule has 3 atom stereocenters. The van der Waals surface area contributed by atoms with E-state index < -0.39 is 12.2 Å². The van der Waals surface area contributed by atoms with Crippen molar-refractivity contribution in [2.75, 3.05) is 27.3 Å². The Hall–Kier alpha value is -4.54. The van der Waals surface area contributed by atoms with E-state index in [1.807, 2.05) is 48.7 Å². The summed E-state index contributed by atoms with van der Waals surface area (Å²) >= 11 is 0. The Morgan fingerprint density at radius 1 is 1.00 bits per heavy atom. The van der Waals surface area contributed by atoms with Crippen molar-refractivity contribution in [1.29, 1.82) is 0 Å². The van der Waals surface area contributed by atoms with Gasteiger partial charge in [0.15, 0.2) is 17.6 Å². The van der Waals surface area contributed by atoms with E-state index in [9.17, 15) is 14.4 Å². The van der Waals surface area contributed by atoms with Crippen LogP contribution in [0.2, 0.25) is 0 Å². The van der Waals surface area contributed by atoms with Gasteiger partial charge in [-0.15, -0.1) is 0 Å². The van der Waals surface area contributed by atoms with E-state index in [1.165, 1.54) is 0 Å². The second kappa shape index (κ2) is 12.6. The van der Waals surface area contributed by atoms with Crippen LogP contribution in [0.25, 0.3) is 10.9 Å². The first-order valence-electron chi connectivity index (χ1n) is 15.3. The molecule has 1 aliphatic carbocycles. The molecule has 0 spiro atoms. The molecule has 0 unspecified atom stereocenters. The lowest BCUT2D eigenvalue weighted by atomic mass is 9.73. The Kier molecular flexibility index (Phi) is 8.45. The monoisotopic (exact) mass is 601 g/mol. The summed E-state index contributed by atoms with van der Waals surface area (Å²) in [5, 5.41) is 7.65. The van der Waals surface area contributed by atoms with Gasteiger partial charge in [0, 0.05) is 54.0 Å². The molecular formula is C33H39N5O6. The Bertz CT molecular complexity index is 1580. The van der Waals surface area contributed by atoms with Gasteiger partial charge in [-0.3, -0.25) is 9.59 Å². The number of H-pyrrole nitrogens is 1. The summed E-state index contributed by atoms with van der Waals surface area (Å²) in [5.41, 5.74) is 9.01. The minimum Gasteiger partial charge on any atom is -0.493 e. The van der Waals surface area contributed by atoms with Gasteiger partial charge in [0.25, 0.3) is 5.91 Å². The highest BCUT2D eigenvalue weighted by Gasteiger charge is 2.44. The average Bonchev–Trinajstić information content (AvgIpc) is 3.46. The number of ether oxygens (including phenoxy) is 3. The van der Waals surface area contributed by atoms with Crippen LogP contribution in [-0.2, 0) is 20.7 Å². The van der Waals surface area contributed by atoms with E-state index in [0.717, 1.165) is 53.4 Å². The van der Waals surface area contributed by atoms with Crippen molar-refractivity contribution < 1.29 is 28.6 Å². The molecule has 1 saturated carbocycles. The zero-order valence-electron chi connectivity index (χ0n) is 25.2. The predicted octanol–water partition coefficient (Wildman–Crippen LogP) is 4.24. The Labute approximate surface area is 256 Å². The first kappa shape index (κ1) is 29.5. The van der Waals surface area contributed by atoms with Crippen LogP contribution in [-0.4, -0.2) is 78.0 Å². The highest BCUT2D eigenvalue weighted by Crippen LogP contribution is 2.40. The van der Waals surface area contributed by atoms with Crippen LogP contribution in [0.3, 0.4) is 0 Å². The second-order valence-corrected chi connectivity index (χ2v) is 11.8. The number of aromatic amines is 1. The number of carbonyl (C=O) groups excluding carboxylic acids is 3. The number of nitrogens with zero attached hydrogens (tertiary/aromatic N) is 3. The SMILES string of the molecule is COc1ccc(C2=NN(C3CCN(C(=O)[C@H](Cc4c[nH]c5ccccc45)OC(N)=O)CC3)C(=O)[C@@H]3CCCC[C@H]23)cc1OC. The van der Waals surface area contributed by atoms with E-state index in [-0.39, 0.29) is 36.1 Å². The van der Waals surface area contributed by atoms with Crippen molar-refractivity contribution in [3.8, 4) is 11.5 Å². The zero-order valence-corrected chi connectivity index (χ0v) is 25.2. The first-order valence-corrected chi connectivity index (χ1v) is 15.3. The number of nitrogens with two attached hydrogens (primary N) is 1. The number of hydrazone groups is 1. The number of carbonyl (C=O) groups is 3. The molecule has 1 aromatic heterocycles. The average molecular weight is 602 g/mol. The molecule has 232 valence electrons. The summed E-state index contributed by atoms with van der Waals surface area (Å²) in [5.74, 6) is 0.978. The van der Waals surface area contributed by atoms with Gasteiger partial charge in [0.2, 0.25) is 5.91 Å². The number of benzene rings is 2. The lowest BCUT2D eigenvalue weighted by Gasteiger charge is -2.43. The fourth-order valence-electron chi connectivity index (χ4n) is 7.05. The van der Waals surface area contributed by atoms with E-state index >= 15 is 0 Å². The number of hydrogen-bond donors (Lipinski definition) is 2. The van der Waals surface area contributed by atoms with Crippen LogP contribution in [0.5, 0.6) is 11.5 Å². The number of rotatable bonds is 8. The van der Waals surface area contributed by atoms with Crippen molar-refractivity contribution in [2.24, 2.45) is 22.7 Å². The second-order valence-electron chi connectivity index (χ2n) is 11.8. The number of aromatic nitrogens is 1. The highest BCUT2D eigenvalue weighted by molar-refractivity contribution is 6.07. The maximum absolute atomic E-state index is 13.8. The van der Waals surface area contributed by atoms with Gasteiger partial charge in [-0.05, 0) is 55.5 Å². The van der Waals surface area contributed by atoms with Crippen LogP contribution >= 0.6 is 0 Å². The van der Waals surface area contributed by atoms with Crippen molar-refractivity contribution in [3.63, 3.8) is 0 Å². The van der Waals surface area contributed by atoms with Gasteiger partial charge in [-0.1, -0.05) is 31.0 Å². The highest BCUT2D eigenvalue weighted by atomic mass is 16.6. The van der Waals surface area contributed by atoms with Gasteiger partial charge in [-0.2, -0.15) is 5.10 Å². The number of amides is 3. The van der Waals surface area contributed by atoms with Gasteiger partial charge in [0.1, 0.15) is 0 Å². The van der Waals surface area contributed by atoms with Crippen molar-refractivity contribution in [2.45, 2.75) is 57.1 Å². The summed E-state index contributed by atoms with van der Waals surface area (Å²) < 4.78 is 16.3. The summed E-state index contributed by atoms with van der Waals surface area (Å²) in [6, 6.07) is 13.4. The molecule has 3 heterocycles. The lowest BCUT2D eigenvalue weighted by Crippen LogP contribution is -2.54. The van der Waals surface area contributed by atoms with Crippen LogP contribution in [0.15, 0.2) is 53.8 Å². The molecule has 0 radical (unpaired) electrons. The fourth-order valence-corrected chi connectivity index (χ4v) is 7.05. The maximum atomic E-state index is 13.8. The molecule has 11 nitrogen and oxygen atoms in total. The summed E-state index contributed by atoms with van der Waals surface area (Å²) in [7, 11) is 3.22. The number of methoxy groups -OCH3 is 2. The molecule has 44 heavy (non-hydrogen) atoms. The van der Waals surface area contributed by atoms with E-state index in [2.05, 4.69) is 4.98 Å². The first-order chi connectivity index (χ1) is 21.4. The Morgan fingerprint density at radius 3 is 2.45 bits per heavy atom. The smallest absolute Gasteiger partial charge is 0.405 e. The van der Waals surface area contributed by atoms with Crippen LogP contribution in [0.4, 0.5) is 4.79 Å². The van der Waals surface area contributed by atoms with Gasteiger partial charge in [0.05, 0.1) is 26.0 Å². The van der Waals surface area contributed by atoms with Crippen molar-refractivity contribution >= 4 is 34.5 Å². The molecule has 2 fully saturated rings. The molecule has 3 aromatic rings. The van der Waals surface area contributed by atoms with Crippen LogP contribution in [0, 0.1) is 11.8 Å². The van der Waals surface area contributed by atoms with Gasteiger partial charge in [-0.25, -0.2) is 9.80 Å². The van der Waals surface area contributed by atoms with Gasteiger partial charge < -0.3 is 29.8 Å². The third-order valence-corrected chi connectivity index (χ3v) is 9.29. The molecule has 2 aliphatic heterocycles. The number of fused-ring (bicyclic) bond motifs is 2. The number of primary amides is 1. The molecule has 2 aromatic carbocycles. The molecule has 11 heteroatoms. The molecule has 1 saturated heterocycles. The fraction of sp³-hybridized carbons (Fsp3) is 0.455. The third-order valence-electron chi connectivity index (χ3n) is 9.29. The molecule has 3 amide bonds. The lowest BCUT2D eigenvalue weighted by molar-refractivity contribution is -0.145.